The molecular weight excluding hydrogens is 362 g/mol. The first kappa shape index (κ1) is 15.7. The topological polar surface area (TPSA) is 69.6 Å². The summed E-state index contributed by atoms with van der Waals surface area (Å²) in [6.45, 7) is 0.350. The molecule has 142 valence electrons. The maximum atomic E-state index is 11.2. The normalized spacial score (nSPS) is 18.2. The summed E-state index contributed by atoms with van der Waals surface area (Å²) in [5.74, 6) is 3.32. The van der Waals surface area contributed by atoms with E-state index in [9.17, 15) is 5.11 Å². The largest absolute Gasteiger partial charge is 0.496 e. The highest BCUT2D eigenvalue weighted by molar-refractivity contribution is 6.08. The number of benzene rings is 3. The van der Waals surface area contributed by atoms with Gasteiger partial charge in [0.1, 0.15) is 5.75 Å². The highest BCUT2D eigenvalue weighted by Gasteiger charge is 2.37. The fourth-order valence-electron chi connectivity index (χ4n) is 4.32. The van der Waals surface area contributed by atoms with Gasteiger partial charge in [0.25, 0.3) is 0 Å². The number of aliphatic hydroxyl groups is 1. The van der Waals surface area contributed by atoms with Crippen LogP contribution in [0.15, 0.2) is 30.3 Å². The number of hydrogen-bond donors (Lipinski definition) is 1. The van der Waals surface area contributed by atoms with Gasteiger partial charge in [0, 0.05) is 18.0 Å². The van der Waals surface area contributed by atoms with Gasteiger partial charge in [-0.25, -0.2) is 0 Å². The van der Waals surface area contributed by atoms with Crippen molar-refractivity contribution in [1.82, 2.24) is 0 Å². The molecule has 0 aliphatic carbocycles. The lowest BCUT2D eigenvalue weighted by Crippen LogP contribution is -2.28. The Kier molecular flexibility index (Phi) is 3.01. The monoisotopic (exact) mass is 379 g/mol. The Bertz CT molecular complexity index is 1160. The van der Waals surface area contributed by atoms with Crippen LogP contribution in [0.1, 0.15) is 11.8 Å². The standard InChI is InChI=1S/C21H17NO6/c1-22-19-12-7-15-14(26-8-27-15)5-10(12)6-16(24-2)17(19)11-3-4-13-20(28-9-25-13)18(11)21(22)23/h3-7,21,23H,8-9H2,1-2H3. The van der Waals surface area contributed by atoms with Crippen molar-refractivity contribution >= 4 is 16.5 Å². The molecule has 3 aliphatic rings. The van der Waals surface area contributed by atoms with E-state index in [-0.39, 0.29) is 13.6 Å². The lowest BCUT2D eigenvalue weighted by atomic mass is 9.88. The van der Waals surface area contributed by atoms with E-state index in [2.05, 4.69) is 0 Å². The molecule has 3 heterocycles. The van der Waals surface area contributed by atoms with Crippen LogP contribution < -0.4 is 28.6 Å². The molecule has 7 heteroatoms. The molecule has 0 fully saturated rings. The van der Waals surface area contributed by atoms with Crippen molar-refractivity contribution in [3.63, 3.8) is 0 Å². The van der Waals surface area contributed by atoms with Gasteiger partial charge in [-0.3, -0.25) is 0 Å². The number of anilines is 1. The Hall–Kier alpha value is -3.32. The van der Waals surface area contributed by atoms with E-state index < -0.39 is 6.23 Å². The van der Waals surface area contributed by atoms with E-state index in [0.29, 0.717) is 34.3 Å². The summed E-state index contributed by atoms with van der Waals surface area (Å²) in [6, 6.07) is 9.69. The van der Waals surface area contributed by atoms with Crippen LogP contribution in [-0.2, 0) is 0 Å². The third kappa shape index (κ3) is 1.86. The van der Waals surface area contributed by atoms with E-state index in [1.54, 1.807) is 7.11 Å². The second-order valence-electron chi connectivity index (χ2n) is 6.97. The van der Waals surface area contributed by atoms with Gasteiger partial charge in [-0.2, -0.15) is 0 Å². The average molecular weight is 379 g/mol. The summed E-state index contributed by atoms with van der Waals surface area (Å²) in [5.41, 5.74) is 3.31. The predicted octanol–water partition coefficient (Wildman–Crippen LogP) is 3.41. The van der Waals surface area contributed by atoms with Gasteiger partial charge >= 0.3 is 0 Å². The Balaban J connectivity index is 1.73. The molecule has 0 amide bonds. The lowest BCUT2D eigenvalue weighted by molar-refractivity contribution is 0.157. The van der Waals surface area contributed by atoms with E-state index in [0.717, 1.165) is 27.6 Å². The molecular formula is C21H17NO6. The Morgan fingerprint density at radius 1 is 1.00 bits per heavy atom. The number of aliphatic hydroxyl groups excluding tert-OH is 1. The summed E-state index contributed by atoms with van der Waals surface area (Å²) in [7, 11) is 3.50. The van der Waals surface area contributed by atoms with Gasteiger partial charge < -0.3 is 33.7 Å². The summed E-state index contributed by atoms with van der Waals surface area (Å²) in [6.07, 6.45) is -0.889. The van der Waals surface area contributed by atoms with Gasteiger partial charge in [0.2, 0.25) is 13.6 Å². The maximum Gasteiger partial charge on any atom is 0.231 e. The first-order chi connectivity index (χ1) is 13.7. The highest BCUT2D eigenvalue weighted by atomic mass is 16.7. The SMILES string of the molecule is COc1cc2cc3c(cc2c2c1-c1ccc4c(c1C(O)N2C)OCO4)OCO3. The van der Waals surface area contributed by atoms with Crippen molar-refractivity contribution < 1.29 is 28.8 Å². The third-order valence-corrected chi connectivity index (χ3v) is 5.61. The summed E-state index contributed by atoms with van der Waals surface area (Å²) in [5, 5.41) is 13.0. The fraction of sp³-hybridized carbons (Fsp3) is 0.238. The minimum absolute atomic E-state index is 0.146. The Morgan fingerprint density at radius 2 is 1.75 bits per heavy atom. The van der Waals surface area contributed by atoms with E-state index in [1.165, 1.54) is 0 Å². The number of rotatable bonds is 1. The number of ether oxygens (including phenoxy) is 5. The predicted molar refractivity (Wildman–Crippen MR) is 102 cm³/mol. The molecule has 0 saturated heterocycles. The van der Waals surface area contributed by atoms with Gasteiger partial charge in [-0.05, 0) is 41.3 Å². The summed E-state index contributed by atoms with van der Waals surface area (Å²) < 4.78 is 28.0. The minimum atomic E-state index is -0.889. The van der Waals surface area contributed by atoms with Crippen molar-refractivity contribution in [2.45, 2.75) is 6.23 Å². The molecule has 0 saturated carbocycles. The van der Waals surface area contributed by atoms with Crippen LogP contribution in [0, 0.1) is 0 Å². The molecule has 1 N–H and O–H groups in total. The van der Waals surface area contributed by atoms with Gasteiger partial charge in [0.15, 0.2) is 29.2 Å². The van der Waals surface area contributed by atoms with Crippen molar-refractivity contribution in [1.29, 1.82) is 0 Å². The van der Waals surface area contributed by atoms with Gasteiger partial charge in [-0.1, -0.05) is 0 Å². The zero-order valence-corrected chi connectivity index (χ0v) is 15.3. The molecule has 3 aliphatic heterocycles. The van der Waals surface area contributed by atoms with Gasteiger partial charge in [-0.15, -0.1) is 0 Å². The van der Waals surface area contributed by atoms with E-state index in [1.807, 2.05) is 42.3 Å². The van der Waals surface area contributed by atoms with Crippen molar-refractivity contribution in [2.24, 2.45) is 0 Å². The lowest BCUT2D eigenvalue weighted by Gasteiger charge is -2.36. The molecule has 0 bridgehead atoms. The highest BCUT2D eigenvalue weighted by Crippen LogP contribution is 2.56. The minimum Gasteiger partial charge on any atom is -0.496 e. The Morgan fingerprint density at radius 3 is 2.57 bits per heavy atom. The smallest absolute Gasteiger partial charge is 0.231 e. The molecule has 3 aromatic carbocycles. The molecule has 0 aromatic heterocycles. The van der Waals surface area contributed by atoms with E-state index >= 15 is 0 Å². The molecule has 0 radical (unpaired) electrons. The van der Waals surface area contributed by atoms with E-state index in [4.69, 9.17) is 23.7 Å². The second kappa shape index (κ2) is 5.36. The van der Waals surface area contributed by atoms with Gasteiger partial charge in [0.05, 0.1) is 18.4 Å². The Labute approximate surface area is 160 Å². The third-order valence-electron chi connectivity index (χ3n) is 5.61. The zero-order valence-electron chi connectivity index (χ0n) is 15.3. The molecule has 28 heavy (non-hydrogen) atoms. The fourth-order valence-corrected chi connectivity index (χ4v) is 4.32. The van der Waals surface area contributed by atoms with Crippen LogP contribution in [-0.4, -0.2) is 32.8 Å². The molecule has 6 rings (SSSR count). The number of fused-ring (bicyclic) bond motifs is 8. The van der Waals surface area contributed by atoms with Crippen molar-refractivity contribution in [2.75, 3.05) is 32.6 Å². The van der Waals surface area contributed by atoms with Crippen LogP contribution in [0.5, 0.6) is 28.7 Å². The quantitative estimate of drug-likeness (QED) is 0.695. The van der Waals surface area contributed by atoms with Crippen LogP contribution in [0.25, 0.3) is 21.9 Å². The molecule has 3 aromatic rings. The van der Waals surface area contributed by atoms with Crippen LogP contribution in [0.3, 0.4) is 0 Å². The maximum absolute atomic E-state index is 11.2. The average Bonchev–Trinajstić information content (AvgIpc) is 3.37. The van der Waals surface area contributed by atoms with Crippen LogP contribution >= 0.6 is 0 Å². The number of nitrogens with zero attached hydrogens (tertiary/aromatic N) is 1. The molecule has 1 unspecified atom stereocenters. The number of hydrogen-bond acceptors (Lipinski definition) is 7. The van der Waals surface area contributed by atoms with Crippen molar-refractivity contribution in [3.8, 4) is 39.9 Å². The second-order valence-corrected chi connectivity index (χ2v) is 6.97. The zero-order chi connectivity index (χ0) is 19.0. The summed E-state index contributed by atoms with van der Waals surface area (Å²) >= 11 is 0. The van der Waals surface area contributed by atoms with Crippen LogP contribution in [0.2, 0.25) is 0 Å². The van der Waals surface area contributed by atoms with Crippen molar-refractivity contribution in [3.05, 3.63) is 35.9 Å². The first-order valence-electron chi connectivity index (χ1n) is 8.95. The van der Waals surface area contributed by atoms with Crippen LogP contribution in [0.4, 0.5) is 5.69 Å². The number of methoxy groups -OCH3 is 1. The molecule has 1 atom stereocenters. The first-order valence-corrected chi connectivity index (χ1v) is 8.95. The molecule has 0 spiro atoms. The molecule has 7 nitrogen and oxygen atoms in total. The summed E-state index contributed by atoms with van der Waals surface area (Å²) in [4.78, 5) is 1.83.